The van der Waals surface area contributed by atoms with E-state index in [0.29, 0.717) is 6.42 Å². The van der Waals surface area contributed by atoms with Crippen LogP contribution in [0.15, 0.2) is 0 Å². The van der Waals surface area contributed by atoms with Gasteiger partial charge in [-0.25, -0.2) is 4.79 Å². The zero-order chi connectivity index (χ0) is 23.6. The van der Waals surface area contributed by atoms with Gasteiger partial charge in [-0.2, -0.15) is 12.6 Å². The molecule has 0 aliphatic carbocycles. The largest absolute Gasteiger partial charge is 0.481 e. The Kier molecular flexibility index (Phi) is 12.0. The standard InChI is InChI=1S/C18H32N4O7S/c1-5-9(4)14(22-15(25)10(19)7-30)17(27)21-13(8(2)3)16(26)20-11(18(28)29)6-12(23)24/h8-11,13-14,30H,5-7,19H2,1-4H3,(H,20,26)(H,21,27)(H,22,25)(H,23,24)(H,28,29). The molecule has 3 amide bonds. The van der Waals surface area contributed by atoms with Gasteiger partial charge in [-0.15, -0.1) is 0 Å². The molecule has 0 spiro atoms. The Morgan fingerprint density at radius 1 is 0.900 bits per heavy atom. The van der Waals surface area contributed by atoms with Gasteiger partial charge in [0.15, 0.2) is 0 Å². The van der Waals surface area contributed by atoms with Crippen LogP contribution >= 0.6 is 12.6 Å². The summed E-state index contributed by atoms with van der Waals surface area (Å²) in [6, 6.07) is -4.68. The number of nitrogens with two attached hydrogens (primary N) is 1. The molecule has 0 aromatic heterocycles. The average molecular weight is 449 g/mol. The van der Waals surface area contributed by atoms with Gasteiger partial charge in [0.05, 0.1) is 12.5 Å². The van der Waals surface area contributed by atoms with Crippen molar-refractivity contribution in [2.24, 2.45) is 17.6 Å². The van der Waals surface area contributed by atoms with Crippen LogP contribution in [0.5, 0.6) is 0 Å². The van der Waals surface area contributed by atoms with Crippen molar-refractivity contribution in [1.29, 1.82) is 0 Å². The molecule has 30 heavy (non-hydrogen) atoms. The minimum absolute atomic E-state index is 0.0812. The summed E-state index contributed by atoms with van der Waals surface area (Å²) in [7, 11) is 0. The molecule has 0 saturated heterocycles. The molecule has 0 aromatic rings. The van der Waals surface area contributed by atoms with E-state index in [0.717, 1.165) is 0 Å². The number of amides is 3. The molecular weight excluding hydrogens is 416 g/mol. The van der Waals surface area contributed by atoms with Crippen LogP contribution in [0.25, 0.3) is 0 Å². The van der Waals surface area contributed by atoms with Gasteiger partial charge in [0.1, 0.15) is 18.1 Å². The van der Waals surface area contributed by atoms with Gasteiger partial charge in [-0.05, 0) is 11.8 Å². The Bertz CT molecular complexity index is 644. The SMILES string of the molecule is CCC(C)C(NC(=O)C(N)CS)C(=O)NC(C(=O)NC(CC(=O)O)C(=O)O)C(C)C. The maximum atomic E-state index is 12.8. The average Bonchev–Trinajstić information content (AvgIpc) is 2.66. The fourth-order valence-electron chi connectivity index (χ4n) is 2.46. The second-order valence-electron chi connectivity index (χ2n) is 7.39. The van der Waals surface area contributed by atoms with Crippen LogP contribution in [0, 0.1) is 11.8 Å². The molecular formula is C18H32N4O7S. The summed E-state index contributed by atoms with van der Waals surface area (Å²) >= 11 is 3.96. The van der Waals surface area contributed by atoms with Crippen LogP contribution < -0.4 is 21.7 Å². The fourth-order valence-corrected chi connectivity index (χ4v) is 2.63. The summed E-state index contributed by atoms with van der Waals surface area (Å²) in [6.07, 6.45) is -0.264. The van der Waals surface area contributed by atoms with Gasteiger partial charge in [0, 0.05) is 5.75 Å². The molecule has 5 unspecified atom stereocenters. The number of hydrogen-bond donors (Lipinski definition) is 7. The Morgan fingerprint density at radius 2 is 1.40 bits per heavy atom. The van der Waals surface area contributed by atoms with Crippen LogP contribution in [0.4, 0.5) is 0 Å². The highest BCUT2D eigenvalue weighted by Gasteiger charge is 2.34. The quantitative estimate of drug-likeness (QED) is 0.174. The third kappa shape index (κ3) is 8.99. The minimum atomic E-state index is -1.65. The highest BCUT2D eigenvalue weighted by Crippen LogP contribution is 2.11. The number of carbonyl (C=O) groups is 5. The molecule has 0 saturated carbocycles. The van der Waals surface area contributed by atoms with E-state index in [1.165, 1.54) is 0 Å². The van der Waals surface area contributed by atoms with E-state index >= 15 is 0 Å². The third-order valence-corrected chi connectivity index (χ3v) is 4.96. The van der Waals surface area contributed by atoms with Gasteiger partial charge < -0.3 is 31.9 Å². The zero-order valence-electron chi connectivity index (χ0n) is 17.5. The van der Waals surface area contributed by atoms with Gasteiger partial charge in [0.2, 0.25) is 17.7 Å². The summed E-state index contributed by atoms with van der Waals surface area (Å²) in [4.78, 5) is 59.5. The van der Waals surface area contributed by atoms with E-state index in [-0.39, 0.29) is 11.7 Å². The minimum Gasteiger partial charge on any atom is -0.481 e. The van der Waals surface area contributed by atoms with E-state index in [1.54, 1.807) is 20.8 Å². The summed E-state index contributed by atoms with van der Waals surface area (Å²) in [6.45, 7) is 6.83. The summed E-state index contributed by atoms with van der Waals surface area (Å²) in [5.41, 5.74) is 5.64. The van der Waals surface area contributed by atoms with Gasteiger partial charge in [-0.3, -0.25) is 19.2 Å². The molecule has 172 valence electrons. The topological polar surface area (TPSA) is 188 Å². The molecule has 0 aliphatic heterocycles. The molecule has 7 N–H and O–H groups in total. The van der Waals surface area contributed by atoms with Crippen molar-refractivity contribution in [2.45, 2.75) is 64.7 Å². The maximum absolute atomic E-state index is 12.8. The molecule has 0 aromatic carbocycles. The van der Waals surface area contributed by atoms with Crippen molar-refractivity contribution in [3.63, 3.8) is 0 Å². The lowest BCUT2D eigenvalue weighted by Crippen LogP contribution is -2.60. The number of nitrogens with one attached hydrogen (secondary N) is 3. The van der Waals surface area contributed by atoms with Crippen molar-refractivity contribution < 1.29 is 34.2 Å². The molecule has 0 aliphatic rings. The van der Waals surface area contributed by atoms with E-state index in [9.17, 15) is 24.0 Å². The first kappa shape index (κ1) is 27.7. The van der Waals surface area contributed by atoms with Crippen LogP contribution in [-0.2, 0) is 24.0 Å². The van der Waals surface area contributed by atoms with Crippen LogP contribution in [-0.4, -0.2) is 69.8 Å². The van der Waals surface area contributed by atoms with E-state index in [2.05, 4.69) is 28.6 Å². The molecule has 11 nitrogen and oxygen atoms in total. The van der Waals surface area contributed by atoms with E-state index in [4.69, 9.17) is 15.9 Å². The molecule has 5 atom stereocenters. The summed E-state index contributed by atoms with van der Waals surface area (Å²) in [5.74, 6) is -5.59. The monoisotopic (exact) mass is 448 g/mol. The predicted octanol–water partition coefficient (Wildman–Crippen LogP) is -1.04. The maximum Gasteiger partial charge on any atom is 0.326 e. The summed E-state index contributed by atoms with van der Waals surface area (Å²) in [5, 5.41) is 25.1. The fraction of sp³-hybridized carbons (Fsp3) is 0.722. The number of carboxylic acid groups (broad SMARTS) is 2. The van der Waals surface area contributed by atoms with Gasteiger partial charge in [0.25, 0.3) is 0 Å². The lowest BCUT2D eigenvalue weighted by Gasteiger charge is -2.29. The number of thiol groups is 1. The Morgan fingerprint density at radius 3 is 1.80 bits per heavy atom. The number of carboxylic acids is 2. The second kappa shape index (κ2) is 13.1. The third-order valence-electron chi connectivity index (χ3n) is 4.57. The second-order valence-corrected chi connectivity index (χ2v) is 7.75. The van der Waals surface area contributed by atoms with Crippen molar-refractivity contribution in [3.8, 4) is 0 Å². The first-order chi connectivity index (χ1) is 13.8. The van der Waals surface area contributed by atoms with E-state index < -0.39 is 66.2 Å². The highest BCUT2D eigenvalue weighted by atomic mass is 32.1. The number of aliphatic carboxylic acids is 2. The number of carbonyl (C=O) groups excluding carboxylic acids is 3. The molecule has 0 rings (SSSR count). The Labute approximate surface area is 180 Å². The molecule has 12 heteroatoms. The predicted molar refractivity (Wildman–Crippen MR) is 112 cm³/mol. The van der Waals surface area contributed by atoms with Crippen LogP contribution in [0.1, 0.15) is 40.5 Å². The first-order valence-electron chi connectivity index (χ1n) is 9.57. The molecule has 0 bridgehead atoms. The van der Waals surface area contributed by atoms with Crippen LogP contribution in [0.2, 0.25) is 0 Å². The van der Waals surface area contributed by atoms with E-state index in [1.807, 2.05) is 6.92 Å². The van der Waals surface area contributed by atoms with Crippen molar-refractivity contribution in [1.82, 2.24) is 16.0 Å². The Balaban J connectivity index is 5.46. The van der Waals surface area contributed by atoms with Crippen molar-refractivity contribution in [3.05, 3.63) is 0 Å². The summed E-state index contributed by atoms with van der Waals surface area (Å²) < 4.78 is 0. The lowest BCUT2D eigenvalue weighted by molar-refractivity contribution is -0.147. The molecule has 0 heterocycles. The number of rotatable bonds is 13. The highest BCUT2D eigenvalue weighted by molar-refractivity contribution is 7.80. The smallest absolute Gasteiger partial charge is 0.326 e. The van der Waals surface area contributed by atoms with Gasteiger partial charge in [-0.1, -0.05) is 34.1 Å². The normalized spacial score (nSPS) is 16.0. The molecule has 0 radical (unpaired) electrons. The lowest BCUT2D eigenvalue weighted by atomic mass is 9.96. The van der Waals surface area contributed by atoms with Crippen molar-refractivity contribution >= 4 is 42.3 Å². The van der Waals surface area contributed by atoms with Crippen LogP contribution in [0.3, 0.4) is 0 Å². The Hall–Kier alpha value is -2.34. The first-order valence-corrected chi connectivity index (χ1v) is 10.2. The van der Waals surface area contributed by atoms with Gasteiger partial charge >= 0.3 is 11.9 Å². The zero-order valence-corrected chi connectivity index (χ0v) is 18.4. The van der Waals surface area contributed by atoms with Crippen molar-refractivity contribution in [2.75, 3.05) is 5.75 Å². The molecule has 0 fully saturated rings. The number of hydrogen-bond acceptors (Lipinski definition) is 7.